The van der Waals surface area contributed by atoms with Crippen LogP contribution >= 0.6 is 11.8 Å². The van der Waals surface area contributed by atoms with Gasteiger partial charge in [-0.2, -0.15) is 11.8 Å². The molecule has 0 aliphatic rings. The van der Waals surface area contributed by atoms with Crippen LogP contribution in [0.1, 0.15) is 17.5 Å². The van der Waals surface area contributed by atoms with Gasteiger partial charge < -0.3 is 10.1 Å². The Morgan fingerprint density at radius 2 is 2.33 bits per heavy atom. The molecule has 1 aromatic carbocycles. The van der Waals surface area contributed by atoms with Crippen LogP contribution in [0.15, 0.2) is 18.2 Å². The number of aliphatic hydroxyl groups is 1. The topological polar surface area (TPSA) is 48.9 Å². The zero-order valence-corrected chi connectivity index (χ0v) is 9.64. The minimum Gasteiger partial charge on any atom is -0.388 e. The predicted octanol–water partition coefficient (Wildman–Crippen LogP) is 2.27. The van der Waals surface area contributed by atoms with Gasteiger partial charge in [0.25, 0.3) is 0 Å². The van der Waals surface area contributed by atoms with Crippen molar-refractivity contribution in [3.8, 4) is 0 Å². The van der Waals surface area contributed by atoms with Crippen molar-refractivity contribution in [2.45, 2.75) is 13.0 Å². The Hall–Kier alpha value is -1.00. The van der Waals surface area contributed by atoms with Crippen molar-refractivity contribution in [2.24, 2.45) is 0 Å². The summed E-state index contributed by atoms with van der Waals surface area (Å²) in [7, 11) is 0. The van der Waals surface area contributed by atoms with Crippen LogP contribution in [0.5, 0.6) is 0 Å². The molecule has 2 aromatic rings. The molecule has 0 amide bonds. The van der Waals surface area contributed by atoms with Gasteiger partial charge in [0, 0.05) is 5.75 Å². The van der Waals surface area contributed by atoms with Gasteiger partial charge in [-0.1, -0.05) is 6.07 Å². The second kappa shape index (κ2) is 4.24. The van der Waals surface area contributed by atoms with Crippen LogP contribution in [0.4, 0.5) is 0 Å². The minimum atomic E-state index is -0.395. The summed E-state index contributed by atoms with van der Waals surface area (Å²) < 4.78 is 0. The molecule has 1 aromatic heterocycles. The summed E-state index contributed by atoms with van der Waals surface area (Å²) >= 11 is 1.64. The molecule has 1 heterocycles. The molecule has 2 N–H and O–H groups in total. The van der Waals surface area contributed by atoms with E-state index in [0.29, 0.717) is 0 Å². The number of nitrogens with one attached hydrogen (secondary N) is 1. The van der Waals surface area contributed by atoms with E-state index in [-0.39, 0.29) is 0 Å². The first-order valence-corrected chi connectivity index (χ1v) is 6.23. The number of aromatic nitrogens is 2. The monoisotopic (exact) mass is 222 g/mol. The summed E-state index contributed by atoms with van der Waals surface area (Å²) in [6.45, 7) is 1.93. The van der Waals surface area contributed by atoms with Gasteiger partial charge in [0.2, 0.25) is 0 Å². The van der Waals surface area contributed by atoms with E-state index in [1.165, 1.54) is 0 Å². The minimum absolute atomic E-state index is 0.395. The highest BCUT2D eigenvalue weighted by Crippen LogP contribution is 2.21. The summed E-state index contributed by atoms with van der Waals surface area (Å²) in [5.41, 5.74) is 2.89. The molecule has 0 aliphatic carbocycles. The quantitative estimate of drug-likeness (QED) is 0.837. The molecule has 1 atom stereocenters. The van der Waals surface area contributed by atoms with Gasteiger partial charge in [-0.3, -0.25) is 0 Å². The van der Waals surface area contributed by atoms with Gasteiger partial charge in [0.15, 0.2) is 0 Å². The van der Waals surface area contributed by atoms with E-state index >= 15 is 0 Å². The van der Waals surface area contributed by atoms with Crippen LogP contribution in [0.25, 0.3) is 11.0 Å². The number of aliphatic hydroxyl groups excluding tert-OH is 1. The van der Waals surface area contributed by atoms with E-state index in [1.807, 2.05) is 31.4 Å². The first kappa shape index (κ1) is 10.5. The number of hydrogen-bond donors (Lipinski definition) is 2. The van der Waals surface area contributed by atoms with E-state index < -0.39 is 6.10 Å². The van der Waals surface area contributed by atoms with E-state index in [1.54, 1.807) is 11.8 Å². The van der Waals surface area contributed by atoms with Gasteiger partial charge in [-0.05, 0) is 30.9 Å². The molecular weight excluding hydrogens is 208 g/mol. The highest BCUT2D eigenvalue weighted by Gasteiger charge is 2.08. The van der Waals surface area contributed by atoms with Crippen molar-refractivity contribution in [3.05, 3.63) is 29.6 Å². The Balaban J connectivity index is 2.37. The Kier molecular flexibility index (Phi) is 2.98. The van der Waals surface area contributed by atoms with E-state index in [0.717, 1.165) is 28.2 Å². The lowest BCUT2D eigenvalue weighted by Crippen LogP contribution is -1.99. The number of H-pyrrole nitrogens is 1. The lowest BCUT2D eigenvalue weighted by Gasteiger charge is -2.08. The highest BCUT2D eigenvalue weighted by atomic mass is 32.2. The van der Waals surface area contributed by atoms with Crippen molar-refractivity contribution in [2.75, 3.05) is 12.0 Å². The number of nitrogens with zero attached hydrogens (tertiary/aromatic N) is 1. The zero-order chi connectivity index (χ0) is 10.8. The van der Waals surface area contributed by atoms with Crippen molar-refractivity contribution < 1.29 is 5.11 Å². The first-order valence-electron chi connectivity index (χ1n) is 4.84. The Bertz CT molecular complexity index is 467. The van der Waals surface area contributed by atoms with Gasteiger partial charge in [0.1, 0.15) is 5.82 Å². The molecule has 15 heavy (non-hydrogen) atoms. The van der Waals surface area contributed by atoms with Gasteiger partial charge >= 0.3 is 0 Å². The molecule has 0 aliphatic heterocycles. The summed E-state index contributed by atoms with van der Waals surface area (Å²) in [5.74, 6) is 1.63. The largest absolute Gasteiger partial charge is 0.388 e. The number of imidazole rings is 1. The second-order valence-corrected chi connectivity index (χ2v) is 4.48. The lowest BCUT2D eigenvalue weighted by atomic mass is 10.1. The maximum absolute atomic E-state index is 9.83. The van der Waals surface area contributed by atoms with Crippen molar-refractivity contribution >= 4 is 22.8 Å². The summed E-state index contributed by atoms with van der Waals surface area (Å²) in [4.78, 5) is 7.48. The van der Waals surface area contributed by atoms with Crippen molar-refractivity contribution in [1.29, 1.82) is 0 Å². The van der Waals surface area contributed by atoms with Crippen molar-refractivity contribution in [1.82, 2.24) is 9.97 Å². The van der Waals surface area contributed by atoms with Crippen LogP contribution in [-0.4, -0.2) is 27.1 Å². The normalized spacial score (nSPS) is 13.3. The first-order chi connectivity index (χ1) is 7.20. The van der Waals surface area contributed by atoms with Gasteiger partial charge in [0.05, 0.1) is 17.1 Å². The highest BCUT2D eigenvalue weighted by molar-refractivity contribution is 7.98. The molecule has 1 unspecified atom stereocenters. The van der Waals surface area contributed by atoms with Gasteiger partial charge in [-0.15, -0.1) is 0 Å². The number of aryl methyl sites for hydroxylation is 1. The van der Waals surface area contributed by atoms with Crippen LogP contribution in [0.2, 0.25) is 0 Å². The smallest absolute Gasteiger partial charge is 0.104 e. The van der Waals surface area contributed by atoms with Crippen LogP contribution in [-0.2, 0) is 0 Å². The molecule has 0 bridgehead atoms. The SMILES string of the molecule is CSCC(O)c1ccc2nc(C)[nH]c2c1. The molecule has 4 heteroatoms. The summed E-state index contributed by atoms with van der Waals surface area (Å²) in [5, 5.41) is 9.83. The number of fused-ring (bicyclic) bond motifs is 1. The van der Waals surface area contributed by atoms with Crippen LogP contribution in [0.3, 0.4) is 0 Å². The number of aromatic amines is 1. The van der Waals surface area contributed by atoms with E-state index in [9.17, 15) is 5.11 Å². The third kappa shape index (κ3) is 2.16. The average Bonchev–Trinajstić information content (AvgIpc) is 2.57. The molecule has 3 nitrogen and oxygen atoms in total. The molecule has 2 rings (SSSR count). The Morgan fingerprint density at radius 3 is 3.07 bits per heavy atom. The third-order valence-electron chi connectivity index (χ3n) is 2.33. The molecule has 0 spiro atoms. The molecule has 0 fully saturated rings. The third-order valence-corrected chi connectivity index (χ3v) is 2.98. The number of benzene rings is 1. The molecule has 0 saturated heterocycles. The number of hydrogen-bond acceptors (Lipinski definition) is 3. The predicted molar refractivity (Wildman–Crippen MR) is 64.2 cm³/mol. The van der Waals surface area contributed by atoms with Crippen LogP contribution < -0.4 is 0 Å². The molecular formula is C11H14N2OS. The van der Waals surface area contributed by atoms with E-state index in [4.69, 9.17) is 0 Å². The molecule has 0 radical (unpaired) electrons. The fraction of sp³-hybridized carbons (Fsp3) is 0.364. The zero-order valence-electron chi connectivity index (χ0n) is 8.82. The molecule has 80 valence electrons. The fourth-order valence-electron chi connectivity index (χ4n) is 1.62. The summed E-state index contributed by atoms with van der Waals surface area (Å²) in [6, 6.07) is 5.84. The van der Waals surface area contributed by atoms with Gasteiger partial charge in [-0.25, -0.2) is 4.98 Å². The lowest BCUT2D eigenvalue weighted by molar-refractivity contribution is 0.204. The second-order valence-electron chi connectivity index (χ2n) is 3.57. The average molecular weight is 222 g/mol. The summed E-state index contributed by atoms with van der Waals surface area (Å²) in [6.07, 6.45) is 1.59. The number of thioether (sulfide) groups is 1. The van der Waals surface area contributed by atoms with Crippen LogP contribution in [0, 0.1) is 6.92 Å². The maximum Gasteiger partial charge on any atom is 0.104 e. The van der Waals surface area contributed by atoms with E-state index in [2.05, 4.69) is 9.97 Å². The maximum atomic E-state index is 9.83. The fourth-order valence-corrected chi connectivity index (χ4v) is 2.12. The Morgan fingerprint density at radius 1 is 1.53 bits per heavy atom. The number of rotatable bonds is 3. The Labute approximate surface area is 92.9 Å². The standard InChI is InChI=1S/C11H14N2OS/c1-7-12-9-4-3-8(5-10(9)13-7)11(14)6-15-2/h3-5,11,14H,6H2,1-2H3,(H,12,13). The molecule has 0 saturated carbocycles. The van der Waals surface area contributed by atoms with Crippen molar-refractivity contribution in [3.63, 3.8) is 0 Å².